The standard InChI is InChI=1S/C16H30N2O/c1-12-10-15(11-13(2)19-12)18-8-5-14(6-9-18)16-4-3-7-17-16/h12-17H,3-11H2,1-2H3. The molecule has 1 N–H and O–H groups in total. The average Bonchev–Trinajstić information content (AvgIpc) is 2.91. The number of ether oxygens (including phenoxy) is 1. The van der Waals surface area contributed by atoms with E-state index in [-0.39, 0.29) is 0 Å². The van der Waals surface area contributed by atoms with Crippen LogP contribution >= 0.6 is 0 Å². The summed E-state index contributed by atoms with van der Waals surface area (Å²) < 4.78 is 5.87. The van der Waals surface area contributed by atoms with E-state index in [1.807, 2.05) is 0 Å². The highest BCUT2D eigenvalue weighted by Gasteiger charge is 2.33. The van der Waals surface area contributed by atoms with Gasteiger partial charge in [-0.25, -0.2) is 0 Å². The Hall–Kier alpha value is -0.120. The molecule has 0 amide bonds. The van der Waals surface area contributed by atoms with Crippen molar-refractivity contribution >= 4 is 0 Å². The maximum Gasteiger partial charge on any atom is 0.0565 e. The topological polar surface area (TPSA) is 24.5 Å². The molecule has 3 heteroatoms. The summed E-state index contributed by atoms with van der Waals surface area (Å²) in [5.74, 6) is 0.938. The van der Waals surface area contributed by atoms with Gasteiger partial charge in [-0.2, -0.15) is 0 Å². The summed E-state index contributed by atoms with van der Waals surface area (Å²) in [6.45, 7) is 8.34. The van der Waals surface area contributed by atoms with Gasteiger partial charge < -0.3 is 15.0 Å². The van der Waals surface area contributed by atoms with Crippen LogP contribution in [-0.4, -0.2) is 48.8 Å². The summed E-state index contributed by atoms with van der Waals surface area (Å²) in [7, 11) is 0. The molecule has 3 heterocycles. The molecule has 0 aromatic heterocycles. The predicted molar refractivity (Wildman–Crippen MR) is 78.4 cm³/mol. The second kappa shape index (κ2) is 6.11. The van der Waals surface area contributed by atoms with E-state index < -0.39 is 0 Å². The summed E-state index contributed by atoms with van der Waals surface area (Å²) >= 11 is 0. The second-order valence-corrected chi connectivity index (χ2v) is 6.96. The minimum Gasteiger partial charge on any atom is -0.375 e. The Kier molecular flexibility index (Phi) is 4.45. The van der Waals surface area contributed by atoms with Crippen LogP contribution in [0.5, 0.6) is 0 Å². The third-order valence-corrected chi connectivity index (χ3v) is 5.43. The molecule has 0 aromatic carbocycles. The van der Waals surface area contributed by atoms with Crippen molar-refractivity contribution in [2.75, 3.05) is 19.6 Å². The zero-order valence-electron chi connectivity index (χ0n) is 12.6. The lowest BCUT2D eigenvalue weighted by Gasteiger charge is -2.43. The fourth-order valence-corrected chi connectivity index (χ4v) is 4.47. The van der Waals surface area contributed by atoms with Crippen molar-refractivity contribution in [1.29, 1.82) is 0 Å². The average molecular weight is 266 g/mol. The van der Waals surface area contributed by atoms with E-state index in [1.54, 1.807) is 0 Å². The number of hydrogen-bond donors (Lipinski definition) is 1. The molecular weight excluding hydrogens is 236 g/mol. The molecule has 3 unspecified atom stereocenters. The van der Waals surface area contributed by atoms with E-state index in [4.69, 9.17) is 4.74 Å². The first-order valence-corrected chi connectivity index (χ1v) is 8.35. The van der Waals surface area contributed by atoms with Crippen LogP contribution in [0.3, 0.4) is 0 Å². The summed E-state index contributed by atoms with van der Waals surface area (Å²) in [6.07, 6.45) is 8.96. The van der Waals surface area contributed by atoms with Crippen LogP contribution in [0, 0.1) is 5.92 Å². The zero-order chi connectivity index (χ0) is 13.2. The van der Waals surface area contributed by atoms with Gasteiger partial charge in [0.2, 0.25) is 0 Å². The molecule has 0 radical (unpaired) electrons. The molecular formula is C16H30N2O. The van der Waals surface area contributed by atoms with Gasteiger partial charge in [0.1, 0.15) is 0 Å². The lowest BCUT2D eigenvalue weighted by molar-refractivity contribution is -0.0701. The van der Waals surface area contributed by atoms with Gasteiger partial charge in [0.05, 0.1) is 12.2 Å². The van der Waals surface area contributed by atoms with Crippen LogP contribution in [0.15, 0.2) is 0 Å². The van der Waals surface area contributed by atoms with Crippen molar-refractivity contribution < 1.29 is 4.74 Å². The maximum atomic E-state index is 5.87. The molecule has 3 atom stereocenters. The zero-order valence-corrected chi connectivity index (χ0v) is 12.6. The lowest BCUT2D eigenvalue weighted by atomic mass is 9.87. The highest BCUT2D eigenvalue weighted by molar-refractivity contribution is 4.89. The monoisotopic (exact) mass is 266 g/mol. The predicted octanol–water partition coefficient (Wildman–Crippen LogP) is 2.41. The number of rotatable bonds is 2. The fourth-order valence-electron chi connectivity index (χ4n) is 4.47. The van der Waals surface area contributed by atoms with Crippen LogP contribution in [0.1, 0.15) is 52.4 Å². The molecule has 0 saturated carbocycles. The number of nitrogens with one attached hydrogen (secondary N) is 1. The first kappa shape index (κ1) is 13.8. The van der Waals surface area contributed by atoms with Crippen LogP contribution < -0.4 is 5.32 Å². The highest BCUT2D eigenvalue weighted by atomic mass is 16.5. The SMILES string of the molecule is CC1CC(N2CCC(C3CCCN3)CC2)CC(C)O1. The smallest absolute Gasteiger partial charge is 0.0565 e. The van der Waals surface area contributed by atoms with Crippen LogP contribution in [0.25, 0.3) is 0 Å². The second-order valence-electron chi connectivity index (χ2n) is 6.96. The number of likely N-dealkylation sites (tertiary alicyclic amines) is 1. The van der Waals surface area contributed by atoms with Crippen molar-refractivity contribution in [1.82, 2.24) is 10.2 Å². The molecule has 3 aliphatic heterocycles. The van der Waals surface area contributed by atoms with Crippen molar-refractivity contribution in [3.05, 3.63) is 0 Å². The Morgan fingerprint density at radius 2 is 1.68 bits per heavy atom. The molecule has 3 saturated heterocycles. The van der Waals surface area contributed by atoms with Gasteiger partial charge in [0.25, 0.3) is 0 Å². The van der Waals surface area contributed by atoms with Crippen molar-refractivity contribution in [3.8, 4) is 0 Å². The molecule has 0 spiro atoms. The van der Waals surface area contributed by atoms with Crippen LogP contribution in [-0.2, 0) is 4.74 Å². The quantitative estimate of drug-likeness (QED) is 0.830. The summed E-state index contributed by atoms with van der Waals surface area (Å²) in [5, 5.41) is 3.70. The van der Waals surface area contributed by atoms with E-state index in [9.17, 15) is 0 Å². The van der Waals surface area contributed by atoms with Gasteiger partial charge in [-0.15, -0.1) is 0 Å². The molecule has 0 aliphatic carbocycles. The molecule has 110 valence electrons. The fraction of sp³-hybridized carbons (Fsp3) is 1.00. The first-order valence-electron chi connectivity index (χ1n) is 8.35. The largest absolute Gasteiger partial charge is 0.375 e. The van der Waals surface area contributed by atoms with Gasteiger partial charge in [0, 0.05) is 12.1 Å². The summed E-state index contributed by atoms with van der Waals surface area (Å²) in [5.41, 5.74) is 0. The summed E-state index contributed by atoms with van der Waals surface area (Å²) in [4.78, 5) is 2.75. The van der Waals surface area contributed by atoms with E-state index in [1.165, 1.54) is 58.2 Å². The van der Waals surface area contributed by atoms with E-state index in [2.05, 4.69) is 24.1 Å². The van der Waals surface area contributed by atoms with Crippen molar-refractivity contribution in [3.63, 3.8) is 0 Å². The van der Waals surface area contributed by atoms with Gasteiger partial charge in [-0.05, 0) is 77.9 Å². The third kappa shape index (κ3) is 3.32. The normalized spacial score (nSPS) is 42.6. The Bertz CT molecular complexity index is 272. The molecule has 19 heavy (non-hydrogen) atoms. The van der Waals surface area contributed by atoms with Crippen molar-refractivity contribution in [2.45, 2.75) is 76.7 Å². The Balaban J connectivity index is 1.49. The van der Waals surface area contributed by atoms with E-state index in [0.29, 0.717) is 12.2 Å². The number of nitrogens with zero attached hydrogens (tertiary/aromatic N) is 1. The third-order valence-electron chi connectivity index (χ3n) is 5.43. The number of hydrogen-bond acceptors (Lipinski definition) is 3. The molecule has 0 aromatic rings. The molecule has 3 aliphatic rings. The Morgan fingerprint density at radius 1 is 1.00 bits per heavy atom. The molecule has 3 rings (SSSR count). The van der Waals surface area contributed by atoms with Crippen LogP contribution in [0.2, 0.25) is 0 Å². The highest BCUT2D eigenvalue weighted by Crippen LogP contribution is 2.30. The van der Waals surface area contributed by atoms with Crippen LogP contribution in [0.4, 0.5) is 0 Å². The lowest BCUT2D eigenvalue weighted by Crippen LogP contribution is -2.49. The van der Waals surface area contributed by atoms with Gasteiger partial charge >= 0.3 is 0 Å². The molecule has 3 fully saturated rings. The minimum absolute atomic E-state index is 0.447. The van der Waals surface area contributed by atoms with E-state index >= 15 is 0 Å². The van der Waals surface area contributed by atoms with E-state index in [0.717, 1.165) is 18.0 Å². The van der Waals surface area contributed by atoms with Gasteiger partial charge in [0.15, 0.2) is 0 Å². The van der Waals surface area contributed by atoms with Crippen molar-refractivity contribution in [2.24, 2.45) is 5.92 Å². The first-order chi connectivity index (χ1) is 9.22. The minimum atomic E-state index is 0.447. The Morgan fingerprint density at radius 3 is 2.26 bits per heavy atom. The number of piperidine rings is 1. The Labute approximate surface area is 118 Å². The van der Waals surface area contributed by atoms with Gasteiger partial charge in [-0.3, -0.25) is 0 Å². The summed E-state index contributed by atoms with van der Waals surface area (Å²) in [6, 6.07) is 1.60. The maximum absolute atomic E-state index is 5.87. The molecule has 0 bridgehead atoms. The van der Waals surface area contributed by atoms with Gasteiger partial charge in [-0.1, -0.05) is 0 Å². The molecule has 3 nitrogen and oxygen atoms in total.